The fraction of sp³-hybridized carbons (Fsp3) is 0.562. The fourth-order valence-electron chi connectivity index (χ4n) is 2.78. The summed E-state index contributed by atoms with van der Waals surface area (Å²) in [5.41, 5.74) is 1.26. The van der Waals surface area contributed by atoms with Crippen molar-refractivity contribution in [3.63, 3.8) is 0 Å². The van der Waals surface area contributed by atoms with Gasteiger partial charge in [-0.3, -0.25) is 0 Å². The Balaban J connectivity index is 1.78. The molecule has 0 aromatic heterocycles. The molecule has 0 aliphatic heterocycles. The van der Waals surface area contributed by atoms with Crippen molar-refractivity contribution in [3.05, 3.63) is 35.9 Å². The van der Waals surface area contributed by atoms with Crippen molar-refractivity contribution >= 4 is 17.3 Å². The Morgan fingerprint density at radius 2 is 1.95 bits per heavy atom. The van der Waals surface area contributed by atoms with Crippen LogP contribution in [0.1, 0.15) is 38.7 Å². The van der Waals surface area contributed by atoms with Crippen molar-refractivity contribution in [3.8, 4) is 0 Å². The zero-order chi connectivity index (χ0) is 13.7. The first-order valence-electron chi connectivity index (χ1n) is 7.25. The zero-order valence-electron chi connectivity index (χ0n) is 11.9. The van der Waals surface area contributed by atoms with Crippen LogP contribution in [0.15, 0.2) is 30.3 Å². The van der Waals surface area contributed by atoms with Crippen LogP contribution in [0.3, 0.4) is 0 Å². The molecule has 0 saturated heterocycles. The molecule has 0 bridgehead atoms. The van der Waals surface area contributed by atoms with Crippen molar-refractivity contribution in [2.75, 3.05) is 0 Å². The lowest BCUT2D eigenvalue weighted by molar-refractivity contribution is 0.224. The summed E-state index contributed by atoms with van der Waals surface area (Å²) in [6.07, 6.45) is 3.90. The third-order valence-corrected chi connectivity index (χ3v) is 4.58. The van der Waals surface area contributed by atoms with Crippen LogP contribution in [-0.2, 0) is 6.54 Å². The van der Waals surface area contributed by atoms with Gasteiger partial charge >= 0.3 is 0 Å². The molecule has 2 rings (SSSR count). The predicted octanol–water partition coefficient (Wildman–Crippen LogP) is 3.48. The fourth-order valence-corrected chi connectivity index (χ4v) is 3.01. The first-order valence-corrected chi connectivity index (χ1v) is 7.66. The SMILES string of the molecule is C[C@@H]1[C@@H](C)CCC[C@H]1NC(=S)NCc1ccccc1. The Morgan fingerprint density at radius 1 is 1.21 bits per heavy atom. The molecular weight excluding hydrogens is 252 g/mol. The molecule has 0 spiro atoms. The lowest BCUT2D eigenvalue weighted by atomic mass is 9.78. The van der Waals surface area contributed by atoms with E-state index in [1.165, 1.54) is 24.8 Å². The Kier molecular flexibility index (Phi) is 5.20. The van der Waals surface area contributed by atoms with Crippen molar-refractivity contribution in [2.24, 2.45) is 11.8 Å². The van der Waals surface area contributed by atoms with E-state index in [2.05, 4.69) is 48.7 Å². The maximum atomic E-state index is 5.40. The lowest BCUT2D eigenvalue weighted by Gasteiger charge is -2.35. The molecule has 1 aliphatic carbocycles. The van der Waals surface area contributed by atoms with Crippen LogP contribution >= 0.6 is 12.2 Å². The molecular formula is C16H24N2S. The number of hydrogen-bond acceptors (Lipinski definition) is 1. The highest BCUT2D eigenvalue weighted by molar-refractivity contribution is 7.80. The predicted molar refractivity (Wildman–Crippen MR) is 85.0 cm³/mol. The van der Waals surface area contributed by atoms with Gasteiger partial charge < -0.3 is 10.6 Å². The highest BCUT2D eigenvalue weighted by Crippen LogP contribution is 2.29. The van der Waals surface area contributed by atoms with Gasteiger partial charge in [0.15, 0.2) is 5.11 Å². The van der Waals surface area contributed by atoms with Gasteiger partial charge in [-0.15, -0.1) is 0 Å². The van der Waals surface area contributed by atoms with Gasteiger partial charge in [0.1, 0.15) is 0 Å². The third-order valence-electron chi connectivity index (χ3n) is 4.32. The van der Waals surface area contributed by atoms with Crippen LogP contribution in [0, 0.1) is 11.8 Å². The summed E-state index contributed by atoms with van der Waals surface area (Å²) >= 11 is 5.40. The molecule has 0 amide bonds. The number of rotatable bonds is 3. The van der Waals surface area contributed by atoms with E-state index in [1.807, 2.05) is 6.07 Å². The van der Waals surface area contributed by atoms with E-state index in [0.717, 1.165) is 17.6 Å². The van der Waals surface area contributed by atoms with Crippen molar-refractivity contribution in [1.82, 2.24) is 10.6 Å². The van der Waals surface area contributed by atoms with Gasteiger partial charge in [0.2, 0.25) is 0 Å². The first-order chi connectivity index (χ1) is 9.16. The quantitative estimate of drug-likeness (QED) is 0.827. The second kappa shape index (κ2) is 6.90. The normalized spacial score (nSPS) is 26.7. The first kappa shape index (κ1) is 14.3. The molecule has 1 aromatic rings. The van der Waals surface area contributed by atoms with Crippen LogP contribution < -0.4 is 10.6 Å². The van der Waals surface area contributed by atoms with Gasteiger partial charge in [-0.2, -0.15) is 0 Å². The van der Waals surface area contributed by atoms with Crippen LogP contribution in [0.2, 0.25) is 0 Å². The van der Waals surface area contributed by atoms with Gasteiger partial charge in [-0.1, -0.05) is 57.0 Å². The van der Waals surface area contributed by atoms with Crippen LogP contribution in [-0.4, -0.2) is 11.2 Å². The van der Waals surface area contributed by atoms with Crippen molar-refractivity contribution in [2.45, 2.75) is 45.7 Å². The second-order valence-electron chi connectivity index (χ2n) is 5.69. The Bertz CT molecular complexity index is 404. The average Bonchev–Trinajstić information content (AvgIpc) is 2.43. The van der Waals surface area contributed by atoms with Crippen molar-refractivity contribution in [1.29, 1.82) is 0 Å². The topological polar surface area (TPSA) is 24.1 Å². The minimum absolute atomic E-state index is 0.527. The molecule has 2 N–H and O–H groups in total. The number of benzene rings is 1. The monoisotopic (exact) mass is 276 g/mol. The number of thiocarbonyl (C=S) groups is 1. The second-order valence-corrected chi connectivity index (χ2v) is 6.09. The van der Waals surface area contributed by atoms with E-state index in [0.29, 0.717) is 12.0 Å². The van der Waals surface area contributed by atoms with Gasteiger partial charge in [-0.05, 0) is 36.0 Å². The summed E-state index contributed by atoms with van der Waals surface area (Å²) in [6.45, 7) is 5.48. The summed E-state index contributed by atoms with van der Waals surface area (Å²) in [5.74, 6) is 1.49. The minimum Gasteiger partial charge on any atom is -0.360 e. The van der Waals surface area contributed by atoms with E-state index in [1.54, 1.807) is 0 Å². The maximum absolute atomic E-state index is 5.40. The Morgan fingerprint density at radius 3 is 2.68 bits per heavy atom. The third kappa shape index (κ3) is 4.20. The van der Waals surface area contributed by atoms with E-state index < -0.39 is 0 Å². The summed E-state index contributed by atoms with van der Waals surface area (Å²) in [7, 11) is 0. The molecule has 1 aliphatic rings. The number of nitrogens with one attached hydrogen (secondary N) is 2. The van der Waals surface area contributed by atoms with Gasteiger partial charge in [0, 0.05) is 12.6 Å². The standard InChI is InChI=1S/C16H24N2S/c1-12-7-6-10-15(13(12)2)18-16(19)17-11-14-8-4-3-5-9-14/h3-5,8-9,12-13,15H,6-7,10-11H2,1-2H3,(H2,17,18,19)/t12-,13+,15+/m0/s1. The molecule has 0 heterocycles. The molecule has 1 saturated carbocycles. The van der Waals surface area contributed by atoms with Crippen LogP contribution in [0.25, 0.3) is 0 Å². The lowest BCUT2D eigenvalue weighted by Crippen LogP contribution is -2.47. The van der Waals surface area contributed by atoms with E-state index in [-0.39, 0.29) is 0 Å². The number of hydrogen-bond donors (Lipinski definition) is 2. The molecule has 1 aromatic carbocycles. The van der Waals surface area contributed by atoms with Gasteiger partial charge in [-0.25, -0.2) is 0 Å². The highest BCUT2D eigenvalue weighted by atomic mass is 32.1. The van der Waals surface area contributed by atoms with Gasteiger partial charge in [0.05, 0.1) is 0 Å². The summed E-state index contributed by atoms with van der Waals surface area (Å²) in [5, 5.41) is 7.58. The van der Waals surface area contributed by atoms with Gasteiger partial charge in [0.25, 0.3) is 0 Å². The molecule has 104 valence electrons. The minimum atomic E-state index is 0.527. The summed E-state index contributed by atoms with van der Waals surface area (Å²) in [6, 6.07) is 10.9. The maximum Gasteiger partial charge on any atom is 0.166 e. The largest absolute Gasteiger partial charge is 0.360 e. The molecule has 3 heteroatoms. The average molecular weight is 276 g/mol. The van der Waals surface area contributed by atoms with Crippen LogP contribution in [0.5, 0.6) is 0 Å². The Hall–Kier alpha value is -1.09. The van der Waals surface area contributed by atoms with E-state index in [9.17, 15) is 0 Å². The van der Waals surface area contributed by atoms with E-state index in [4.69, 9.17) is 12.2 Å². The zero-order valence-corrected chi connectivity index (χ0v) is 12.7. The molecule has 2 nitrogen and oxygen atoms in total. The molecule has 19 heavy (non-hydrogen) atoms. The molecule has 0 radical (unpaired) electrons. The highest BCUT2D eigenvalue weighted by Gasteiger charge is 2.27. The molecule has 1 fully saturated rings. The Labute approximate surface area is 122 Å². The summed E-state index contributed by atoms with van der Waals surface area (Å²) < 4.78 is 0. The van der Waals surface area contributed by atoms with Crippen LogP contribution in [0.4, 0.5) is 0 Å². The smallest absolute Gasteiger partial charge is 0.166 e. The molecule has 3 atom stereocenters. The summed E-state index contributed by atoms with van der Waals surface area (Å²) in [4.78, 5) is 0. The van der Waals surface area contributed by atoms with E-state index >= 15 is 0 Å². The van der Waals surface area contributed by atoms with Crippen molar-refractivity contribution < 1.29 is 0 Å². The molecule has 0 unspecified atom stereocenters.